The van der Waals surface area contributed by atoms with Crippen molar-refractivity contribution in [1.29, 1.82) is 0 Å². The van der Waals surface area contributed by atoms with Crippen LogP contribution in [0.25, 0.3) is 11.3 Å². The van der Waals surface area contributed by atoms with Gasteiger partial charge in [0.25, 0.3) is 0 Å². The third kappa shape index (κ3) is 3.25. The first-order chi connectivity index (χ1) is 11.1. The zero-order valence-corrected chi connectivity index (χ0v) is 13.0. The molecule has 0 aliphatic heterocycles. The monoisotopic (exact) mass is 319 g/mol. The molecule has 0 bridgehead atoms. The SMILES string of the molecule is Cc1[nH]nc(-c2ccc(F)c(F)c2)c1NC(=O)C1CCCCC1. The van der Waals surface area contributed by atoms with Crippen molar-refractivity contribution in [3.8, 4) is 11.3 Å². The molecule has 6 heteroatoms. The lowest BCUT2D eigenvalue weighted by Crippen LogP contribution is -2.25. The zero-order chi connectivity index (χ0) is 16.4. The number of halogens is 2. The molecule has 122 valence electrons. The van der Waals surface area contributed by atoms with Crippen molar-refractivity contribution in [2.45, 2.75) is 39.0 Å². The van der Waals surface area contributed by atoms with Crippen LogP contribution >= 0.6 is 0 Å². The van der Waals surface area contributed by atoms with Gasteiger partial charge >= 0.3 is 0 Å². The summed E-state index contributed by atoms with van der Waals surface area (Å²) in [4.78, 5) is 12.4. The first-order valence-corrected chi connectivity index (χ1v) is 7.87. The summed E-state index contributed by atoms with van der Waals surface area (Å²) < 4.78 is 26.6. The van der Waals surface area contributed by atoms with E-state index in [1.165, 1.54) is 12.5 Å². The van der Waals surface area contributed by atoms with Crippen LogP contribution < -0.4 is 5.32 Å². The van der Waals surface area contributed by atoms with E-state index in [1.807, 2.05) is 0 Å². The highest BCUT2D eigenvalue weighted by atomic mass is 19.2. The van der Waals surface area contributed by atoms with Crippen molar-refractivity contribution < 1.29 is 13.6 Å². The van der Waals surface area contributed by atoms with Gasteiger partial charge in [0, 0.05) is 11.5 Å². The van der Waals surface area contributed by atoms with E-state index in [2.05, 4.69) is 15.5 Å². The van der Waals surface area contributed by atoms with Crippen molar-refractivity contribution in [3.63, 3.8) is 0 Å². The number of amides is 1. The lowest BCUT2D eigenvalue weighted by Gasteiger charge is -2.20. The van der Waals surface area contributed by atoms with E-state index >= 15 is 0 Å². The predicted octanol–water partition coefficient (Wildman–Crippen LogP) is 4.18. The molecule has 1 aromatic carbocycles. The molecule has 4 nitrogen and oxygen atoms in total. The van der Waals surface area contributed by atoms with E-state index in [9.17, 15) is 13.6 Å². The minimum Gasteiger partial charge on any atom is -0.322 e. The summed E-state index contributed by atoms with van der Waals surface area (Å²) in [5.74, 6) is -1.87. The molecule has 0 spiro atoms. The molecular weight excluding hydrogens is 300 g/mol. The lowest BCUT2D eigenvalue weighted by molar-refractivity contribution is -0.120. The summed E-state index contributed by atoms with van der Waals surface area (Å²) in [6.45, 7) is 1.78. The molecule has 1 fully saturated rings. The van der Waals surface area contributed by atoms with E-state index < -0.39 is 11.6 Å². The van der Waals surface area contributed by atoms with E-state index in [0.29, 0.717) is 22.6 Å². The Labute approximate surface area is 133 Å². The van der Waals surface area contributed by atoms with Crippen molar-refractivity contribution in [2.75, 3.05) is 5.32 Å². The van der Waals surface area contributed by atoms with E-state index in [-0.39, 0.29) is 11.8 Å². The van der Waals surface area contributed by atoms with Crippen molar-refractivity contribution in [3.05, 3.63) is 35.5 Å². The second-order valence-electron chi connectivity index (χ2n) is 6.03. The number of hydrogen-bond donors (Lipinski definition) is 2. The Morgan fingerprint density at radius 2 is 1.96 bits per heavy atom. The summed E-state index contributed by atoms with van der Waals surface area (Å²) in [7, 11) is 0. The number of benzene rings is 1. The van der Waals surface area contributed by atoms with Gasteiger partial charge < -0.3 is 5.32 Å². The Balaban J connectivity index is 1.86. The second kappa shape index (κ2) is 6.48. The van der Waals surface area contributed by atoms with Crippen LogP contribution in [0.3, 0.4) is 0 Å². The number of nitrogens with one attached hydrogen (secondary N) is 2. The van der Waals surface area contributed by atoms with Crippen LogP contribution in [0.2, 0.25) is 0 Å². The van der Waals surface area contributed by atoms with Crippen LogP contribution in [0, 0.1) is 24.5 Å². The Morgan fingerprint density at radius 3 is 2.65 bits per heavy atom. The molecule has 1 amide bonds. The van der Waals surface area contributed by atoms with Crippen LogP contribution in [0.1, 0.15) is 37.8 Å². The van der Waals surface area contributed by atoms with Gasteiger partial charge in [0.2, 0.25) is 5.91 Å². The summed E-state index contributed by atoms with van der Waals surface area (Å²) in [5.41, 5.74) is 2.07. The molecule has 0 saturated heterocycles. The zero-order valence-electron chi connectivity index (χ0n) is 13.0. The highest BCUT2D eigenvalue weighted by molar-refractivity contribution is 5.96. The largest absolute Gasteiger partial charge is 0.322 e. The number of anilines is 1. The molecule has 0 atom stereocenters. The maximum absolute atomic E-state index is 13.5. The quantitative estimate of drug-likeness (QED) is 0.891. The van der Waals surface area contributed by atoms with E-state index in [0.717, 1.165) is 37.8 Å². The number of carbonyl (C=O) groups excluding carboxylic acids is 1. The minimum atomic E-state index is -0.937. The van der Waals surface area contributed by atoms with Crippen LogP contribution in [0.15, 0.2) is 18.2 Å². The minimum absolute atomic E-state index is 0.0100. The van der Waals surface area contributed by atoms with Crippen molar-refractivity contribution >= 4 is 11.6 Å². The van der Waals surface area contributed by atoms with Gasteiger partial charge in [-0.25, -0.2) is 8.78 Å². The van der Waals surface area contributed by atoms with Gasteiger partial charge in [0.05, 0.1) is 11.4 Å². The van der Waals surface area contributed by atoms with Crippen molar-refractivity contribution in [2.24, 2.45) is 5.92 Å². The normalized spacial score (nSPS) is 15.6. The molecule has 0 radical (unpaired) electrons. The van der Waals surface area contributed by atoms with Gasteiger partial charge in [-0.15, -0.1) is 0 Å². The number of H-pyrrole nitrogens is 1. The Hall–Kier alpha value is -2.24. The van der Waals surface area contributed by atoms with Gasteiger partial charge in [0.15, 0.2) is 11.6 Å². The summed E-state index contributed by atoms with van der Waals surface area (Å²) >= 11 is 0. The van der Waals surface area contributed by atoms with Crippen LogP contribution in [0.5, 0.6) is 0 Å². The molecular formula is C17H19F2N3O. The van der Waals surface area contributed by atoms with Gasteiger partial charge in [-0.3, -0.25) is 9.89 Å². The maximum Gasteiger partial charge on any atom is 0.227 e. The molecule has 2 aromatic rings. The van der Waals surface area contributed by atoms with Crippen LogP contribution in [-0.2, 0) is 4.79 Å². The fourth-order valence-electron chi connectivity index (χ4n) is 3.02. The van der Waals surface area contributed by atoms with Gasteiger partial charge in [-0.1, -0.05) is 19.3 Å². The van der Waals surface area contributed by atoms with Crippen molar-refractivity contribution in [1.82, 2.24) is 10.2 Å². The Bertz CT molecular complexity index is 721. The molecule has 1 aliphatic rings. The molecule has 1 heterocycles. The predicted molar refractivity (Wildman–Crippen MR) is 83.9 cm³/mol. The average Bonchev–Trinajstić information content (AvgIpc) is 2.92. The average molecular weight is 319 g/mol. The highest BCUT2D eigenvalue weighted by Crippen LogP contribution is 2.31. The van der Waals surface area contributed by atoms with Gasteiger partial charge in [-0.05, 0) is 38.0 Å². The molecule has 1 saturated carbocycles. The first-order valence-electron chi connectivity index (χ1n) is 7.87. The van der Waals surface area contributed by atoms with Gasteiger partial charge in [-0.2, -0.15) is 5.10 Å². The molecule has 3 rings (SSSR count). The number of hydrogen-bond acceptors (Lipinski definition) is 2. The molecule has 23 heavy (non-hydrogen) atoms. The number of nitrogens with zero attached hydrogens (tertiary/aromatic N) is 1. The third-order valence-corrected chi connectivity index (χ3v) is 4.36. The lowest BCUT2D eigenvalue weighted by atomic mass is 9.88. The summed E-state index contributed by atoms with van der Waals surface area (Å²) in [5, 5.41) is 9.84. The molecule has 0 unspecified atom stereocenters. The number of carbonyl (C=O) groups is 1. The van der Waals surface area contributed by atoms with Crippen LogP contribution in [-0.4, -0.2) is 16.1 Å². The van der Waals surface area contributed by atoms with Crippen LogP contribution in [0.4, 0.5) is 14.5 Å². The summed E-state index contributed by atoms with van der Waals surface area (Å²) in [6.07, 6.45) is 5.10. The topological polar surface area (TPSA) is 57.8 Å². The molecule has 2 N–H and O–H groups in total. The fourth-order valence-corrected chi connectivity index (χ4v) is 3.02. The van der Waals surface area contributed by atoms with E-state index in [4.69, 9.17) is 0 Å². The first kappa shape index (κ1) is 15.6. The second-order valence-corrected chi connectivity index (χ2v) is 6.03. The standard InChI is InChI=1S/C17H19F2N3O/c1-10-15(20-17(23)11-5-3-2-4-6-11)16(22-21-10)12-7-8-13(18)14(19)9-12/h7-9,11H,2-6H2,1H3,(H,20,23)(H,21,22). The Morgan fingerprint density at radius 1 is 1.22 bits per heavy atom. The smallest absolute Gasteiger partial charge is 0.227 e. The highest BCUT2D eigenvalue weighted by Gasteiger charge is 2.23. The molecule has 1 aromatic heterocycles. The summed E-state index contributed by atoms with van der Waals surface area (Å²) in [6, 6.07) is 3.59. The maximum atomic E-state index is 13.5. The van der Waals surface area contributed by atoms with Gasteiger partial charge in [0.1, 0.15) is 5.69 Å². The van der Waals surface area contributed by atoms with E-state index in [1.54, 1.807) is 6.92 Å². The third-order valence-electron chi connectivity index (χ3n) is 4.36. The number of aromatic nitrogens is 2. The number of rotatable bonds is 3. The number of aryl methyl sites for hydroxylation is 1. The molecule has 1 aliphatic carbocycles. The Kier molecular flexibility index (Phi) is 4.41. The number of aromatic amines is 1. The fraction of sp³-hybridized carbons (Fsp3) is 0.412.